The highest BCUT2D eigenvalue weighted by atomic mass is 14.9. The van der Waals surface area contributed by atoms with Crippen LogP contribution >= 0.6 is 0 Å². The Labute approximate surface area is 70.6 Å². The second-order valence-electron chi connectivity index (χ2n) is 4.18. The molecule has 1 N–H and O–H groups in total. The van der Waals surface area contributed by atoms with Crippen LogP contribution < -0.4 is 5.32 Å². The molecule has 1 aliphatic rings. The lowest BCUT2D eigenvalue weighted by Crippen LogP contribution is -2.08. The van der Waals surface area contributed by atoms with E-state index in [1.807, 2.05) is 0 Å². The summed E-state index contributed by atoms with van der Waals surface area (Å²) in [7, 11) is 0. The normalized spacial score (nSPS) is 24.8. The second kappa shape index (κ2) is 4.76. The van der Waals surface area contributed by atoms with Crippen LogP contribution in [0.3, 0.4) is 0 Å². The van der Waals surface area contributed by atoms with E-state index in [-0.39, 0.29) is 0 Å². The Morgan fingerprint density at radius 1 is 1.45 bits per heavy atom. The molecule has 66 valence electrons. The van der Waals surface area contributed by atoms with Crippen molar-refractivity contribution in [3.05, 3.63) is 0 Å². The van der Waals surface area contributed by atoms with Crippen LogP contribution in [0.4, 0.5) is 0 Å². The van der Waals surface area contributed by atoms with Gasteiger partial charge in [0.05, 0.1) is 0 Å². The van der Waals surface area contributed by atoms with Gasteiger partial charge in [0.15, 0.2) is 0 Å². The maximum Gasteiger partial charge on any atom is -0.00200 e. The molecule has 0 amide bonds. The van der Waals surface area contributed by atoms with Crippen molar-refractivity contribution in [2.75, 3.05) is 13.1 Å². The van der Waals surface area contributed by atoms with Crippen molar-refractivity contribution >= 4 is 0 Å². The Hall–Kier alpha value is -0.0400. The first-order chi connectivity index (χ1) is 5.29. The molecular formula is C10H21N. The highest BCUT2D eigenvalue weighted by molar-refractivity contribution is 4.70. The lowest BCUT2D eigenvalue weighted by molar-refractivity contribution is 0.457. The summed E-state index contributed by atoms with van der Waals surface area (Å²) in [5.41, 5.74) is 0. The number of nitrogens with one attached hydrogen (secondary N) is 1. The lowest BCUT2D eigenvalue weighted by atomic mass is 9.98. The van der Waals surface area contributed by atoms with Gasteiger partial charge >= 0.3 is 0 Å². The monoisotopic (exact) mass is 155 g/mol. The minimum atomic E-state index is 0.893. The average molecular weight is 155 g/mol. The van der Waals surface area contributed by atoms with E-state index in [9.17, 15) is 0 Å². The van der Waals surface area contributed by atoms with Gasteiger partial charge in [0.1, 0.15) is 0 Å². The molecule has 0 radical (unpaired) electrons. The van der Waals surface area contributed by atoms with Gasteiger partial charge in [-0.1, -0.05) is 26.7 Å². The molecule has 0 aromatic carbocycles. The average Bonchev–Trinajstić information content (AvgIpc) is 2.39. The van der Waals surface area contributed by atoms with Crippen LogP contribution in [0.25, 0.3) is 0 Å². The molecule has 1 atom stereocenters. The van der Waals surface area contributed by atoms with Crippen molar-refractivity contribution in [2.24, 2.45) is 11.8 Å². The van der Waals surface area contributed by atoms with Crippen LogP contribution in [-0.4, -0.2) is 13.1 Å². The summed E-state index contributed by atoms with van der Waals surface area (Å²) in [5, 5.41) is 3.41. The van der Waals surface area contributed by atoms with Crippen LogP contribution in [0.2, 0.25) is 0 Å². The molecular weight excluding hydrogens is 134 g/mol. The summed E-state index contributed by atoms with van der Waals surface area (Å²) >= 11 is 0. The van der Waals surface area contributed by atoms with Crippen LogP contribution in [0, 0.1) is 11.8 Å². The van der Waals surface area contributed by atoms with E-state index in [2.05, 4.69) is 19.2 Å². The van der Waals surface area contributed by atoms with Gasteiger partial charge in [0.25, 0.3) is 0 Å². The standard InChI is InChI=1S/C10H21N/c1-9(2)4-3-5-10-6-7-11-8-10/h9-11H,3-8H2,1-2H3. The van der Waals surface area contributed by atoms with Gasteiger partial charge in [0, 0.05) is 0 Å². The van der Waals surface area contributed by atoms with Crippen molar-refractivity contribution in [1.82, 2.24) is 5.32 Å². The van der Waals surface area contributed by atoms with Crippen molar-refractivity contribution in [3.8, 4) is 0 Å². The van der Waals surface area contributed by atoms with Crippen molar-refractivity contribution in [1.29, 1.82) is 0 Å². The molecule has 0 spiro atoms. The molecule has 1 nitrogen and oxygen atoms in total. The lowest BCUT2D eigenvalue weighted by Gasteiger charge is -2.08. The van der Waals surface area contributed by atoms with Crippen molar-refractivity contribution in [3.63, 3.8) is 0 Å². The highest BCUT2D eigenvalue weighted by Gasteiger charge is 2.13. The molecule has 1 unspecified atom stereocenters. The van der Waals surface area contributed by atoms with Crippen LogP contribution in [0.15, 0.2) is 0 Å². The first-order valence-electron chi connectivity index (χ1n) is 4.99. The van der Waals surface area contributed by atoms with Gasteiger partial charge in [0.2, 0.25) is 0 Å². The molecule has 1 saturated heterocycles. The Kier molecular flexibility index (Phi) is 3.92. The fourth-order valence-corrected chi connectivity index (χ4v) is 1.78. The van der Waals surface area contributed by atoms with Crippen LogP contribution in [0.5, 0.6) is 0 Å². The van der Waals surface area contributed by atoms with Gasteiger partial charge in [-0.2, -0.15) is 0 Å². The second-order valence-corrected chi connectivity index (χ2v) is 4.18. The molecule has 1 rings (SSSR count). The Bertz CT molecular complexity index is 93.0. The van der Waals surface area contributed by atoms with E-state index in [0.29, 0.717) is 0 Å². The molecule has 0 aliphatic carbocycles. The summed E-state index contributed by atoms with van der Waals surface area (Å²) in [6, 6.07) is 0. The molecule has 1 heteroatoms. The topological polar surface area (TPSA) is 12.0 Å². The summed E-state index contributed by atoms with van der Waals surface area (Å²) in [6.45, 7) is 7.16. The number of hydrogen-bond acceptors (Lipinski definition) is 1. The minimum absolute atomic E-state index is 0.893. The fourth-order valence-electron chi connectivity index (χ4n) is 1.78. The van der Waals surface area contributed by atoms with Gasteiger partial charge in [-0.25, -0.2) is 0 Å². The third-order valence-electron chi connectivity index (χ3n) is 2.56. The van der Waals surface area contributed by atoms with Crippen LogP contribution in [-0.2, 0) is 0 Å². The molecule has 0 aromatic heterocycles. The van der Waals surface area contributed by atoms with Gasteiger partial charge < -0.3 is 5.32 Å². The zero-order valence-electron chi connectivity index (χ0n) is 7.90. The first kappa shape index (κ1) is 9.05. The summed E-state index contributed by atoms with van der Waals surface area (Å²) in [6.07, 6.45) is 5.71. The van der Waals surface area contributed by atoms with Crippen molar-refractivity contribution in [2.45, 2.75) is 39.5 Å². The third kappa shape index (κ3) is 3.76. The van der Waals surface area contributed by atoms with Gasteiger partial charge in [-0.15, -0.1) is 0 Å². The maximum atomic E-state index is 3.41. The molecule has 0 bridgehead atoms. The van der Waals surface area contributed by atoms with E-state index in [1.54, 1.807) is 0 Å². The maximum absolute atomic E-state index is 3.41. The summed E-state index contributed by atoms with van der Waals surface area (Å²) < 4.78 is 0. The van der Waals surface area contributed by atoms with E-state index < -0.39 is 0 Å². The van der Waals surface area contributed by atoms with Gasteiger partial charge in [-0.3, -0.25) is 0 Å². The molecule has 1 heterocycles. The molecule has 1 aliphatic heterocycles. The number of rotatable bonds is 4. The summed E-state index contributed by atoms with van der Waals surface area (Å²) in [4.78, 5) is 0. The zero-order valence-corrected chi connectivity index (χ0v) is 7.90. The van der Waals surface area contributed by atoms with E-state index >= 15 is 0 Å². The predicted molar refractivity (Wildman–Crippen MR) is 49.7 cm³/mol. The molecule has 0 saturated carbocycles. The fraction of sp³-hybridized carbons (Fsp3) is 1.00. The Balaban J connectivity index is 1.94. The zero-order chi connectivity index (χ0) is 8.10. The predicted octanol–water partition coefficient (Wildman–Crippen LogP) is 2.42. The van der Waals surface area contributed by atoms with E-state index in [4.69, 9.17) is 0 Å². The molecule has 1 fully saturated rings. The highest BCUT2D eigenvalue weighted by Crippen LogP contribution is 2.17. The Morgan fingerprint density at radius 3 is 2.82 bits per heavy atom. The van der Waals surface area contributed by atoms with E-state index in [1.165, 1.54) is 38.8 Å². The molecule has 11 heavy (non-hydrogen) atoms. The minimum Gasteiger partial charge on any atom is -0.316 e. The third-order valence-corrected chi connectivity index (χ3v) is 2.56. The Morgan fingerprint density at radius 2 is 2.27 bits per heavy atom. The first-order valence-corrected chi connectivity index (χ1v) is 4.99. The van der Waals surface area contributed by atoms with Gasteiger partial charge in [-0.05, 0) is 37.8 Å². The largest absolute Gasteiger partial charge is 0.316 e. The quantitative estimate of drug-likeness (QED) is 0.657. The van der Waals surface area contributed by atoms with Crippen LogP contribution in [0.1, 0.15) is 39.5 Å². The SMILES string of the molecule is CC(C)CCCC1CCNC1. The van der Waals surface area contributed by atoms with E-state index in [0.717, 1.165) is 11.8 Å². The number of hydrogen-bond donors (Lipinski definition) is 1. The molecule has 0 aromatic rings. The van der Waals surface area contributed by atoms with Crippen molar-refractivity contribution < 1.29 is 0 Å². The summed E-state index contributed by atoms with van der Waals surface area (Å²) in [5.74, 6) is 1.89. The smallest absolute Gasteiger partial charge is 0.00200 e.